The Kier molecular flexibility index (Phi) is 3.69. The van der Waals surface area contributed by atoms with Crippen LogP contribution < -0.4 is 5.32 Å². The summed E-state index contributed by atoms with van der Waals surface area (Å²) in [5, 5.41) is 4.55. The monoisotopic (exact) mass is 323 g/mol. The van der Waals surface area contributed by atoms with E-state index in [0.717, 1.165) is 17.1 Å². The van der Waals surface area contributed by atoms with Gasteiger partial charge in [-0.05, 0) is 41.0 Å². The van der Waals surface area contributed by atoms with Crippen molar-refractivity contribution in [3.05, 3.63) is 76.3 Å². The smallest absolute Gasteiger partial charge is 0.0640 e. The molecule has 0 unspecified atom stereocenters. The predicted molar refractivity (Wildman–Crippen MR) is 98.3 cm³/mol. The maximum atomic E-state index is 6.47. The second-order valence-corrected chi connectivity index (χ2v) is 7.41. The van der Waals surface area contributed by atoms with E-state index in [0.29, 0.717) is 23.8 Å². The molecule has 1 nitrogen and oxygen atoms in total. The summed E-state index contributed by atoms with van der Waals surface area (Å²) in [4.78, 5) is 0. The van der Waals surface area contributed by atoms with E-state index in [9.17, 15) is 0 Å². The molecule has 3 atom stereocenters. The van der Waals surface area contributed by atoms with E-state index < -0.39 is 0 Å². The highest BCUT2D eigenvalue weighted by Crippen LogP contribution is 2.51. The third-order valence-electron chi connectivity index (χ3n) is 5.31. The molecule has 118 valence electrons. The molecule has 2 aromatic rings. The highest BCUT2D eigenvalue weighted by atomic mass is 35.5. The molecule has 1 aliphatic heterocycles. The van der Waals surface area contributed by atoms with Gasteiger partial charge in [0, 0.05) is 5.92 Å². The van der Waals surface area contributed by atoms with Crippen LogP contribution >= 0.6 is 11.6 Å². The highest BCUT2D eigenvalue weighted by Gasteiger charge is 2.38. The molecule has 2 aromatic carbocycles. The zero-order valence-electron chi connectivity index (χ0n) is 13.6. The van der Waals surface area contributed by atoms with Crippen LogP contribution in [-0.4, -0.2) is 0 Å². The Morgan fingerprint density at radius 1 is 1.09 bits per heavy atom. The van der Waals surface area contributed by atoms with Gasteiger partial charge in [0.05, 0.1) is 16.8 Å². The quantitative estimate of drug-likeness (QED) is 0.640. The molecule has 2 aliphatic rings. The minimum absolute atomic E-state index is 0.323. The Bertz CT molecular complexity index is 745. The van der Waals surface area contributed by atoms with E-state index in [1.165, 1.54) is 16.7 Å². The summed E-state index contributed by atoms with van der Waals surface area (Å²) in [5.41, 5.74) is 5.20. The van der Waals surface area contributed by atoms with Gasteiger partial charge in [-0.2, -0.15) is 0 Å². The molecule has 23 heavy (non-hydrogen) atoms. The lowest BCUT2D eigenvalue weighted by molar-refractivity contribution is 0.425. The molecule has 4 rings (SSSR count). The summed E-state index contributed by atoms with van der Waals surface area (Å²) < 4.78 is 0. The fraction of sp³-hybridized carbons (Fsp3) is 0.333. The normalized spacial score (nSPS) is 25.1. The fourth-order valence-corrected chi connectivity index (χ4v) is 4.24. The lowest BCUT2D eigenvalue weighted by Gasteiger charge is -2.38. The van der Waals surface area contributed by atoms with Crippen LogP contribution in [-0.2, 0) is 0 Å². The van der Waals surface area contributed by atoms with E-state index in [2.05, 4.69) is 67.7 Å². The summed E-state index contributed by atoms with van der Waals surface area (Å²) in [7, 11) is 0. The third-order valence-corrected chi connectivity index (χ3v) is 5.62. The number of para-hydroxylation sites is 1. The molecule has 2 heteroatoms. The number of rotatable bonds is 2. The first-order chi connectivity index (χ1) is 11.1. The molecule has 0 saturated carbocycles. The van der Waals surface area contributed by atoms with Gasteiger partial charge in [-0.15, -0.1) is 0 Å². The first kappa shape index (κ1) is 14.8. The van der Waals surface area contributed by atoms with Gasteiger partial charge in [0.15, 0.2) is 0 Å². The lowest BCUT2D eigenvalue weighted by Crippen LogP contribution is -2.29. The van der Waals surface area contributed by atoms with E-state index in [1.807, 2.05) is 6.07 Å². The van der Waals surface area contributed by atoms with E-state index >= 15 is 0 Å². The van der Waals surface area contributed by atoms with Crippen LogP contribution in [0.4, 0.5) is 5.69 Å². The average Bonchev–Trinajstić information content (AvgIpc) is 3.04. The van der Waals surface area contributed by atoms with Crippen LogP contribution in [0.25, 0.3) is 0 Å². The number of anilines is 1. The Morgan fingerprint density at radius 2 is 1.87 bits per heavy atom. The largest absolute Gasteiger partial charge is 0.376 e. The molecule has 0 aromatic heterocycles. The summed E-state index contributed by atoms with van der Waals surface area (Å²) in [5.74, 6) is 1.62. The molecule has 1 N–H and O–H groups in total. The molecule has 0 fully saturated rings. The average molecular weight is 324 g/mol. The topological polar surface area (TPSA) is 12.0 Å². The van der Waals surface area contributed by atoms with Crippen LogP contribution in [0.2, 0.25) is 5.02 Å². The lowest BCUT2D eigenvalue weighted by atomic mass is 9.77. The van der Waals surface area contributed by atoms with Crippen molar-refractivity contribution in [1.82, 2.24) is 0 Å². The molecular weight excluding hydrogens is 302 g/mol. The molecule has 0 radical (unpaired) electrons. The second-order valence-electron chi connectivity index (χ2n) is 7.00. The number of hydrogen-bond acceptors (Lipinski definition) is 1. The number of halogens is 1. The number of hydrogen-bond donors (Lipinski definition) is 1. The SMILES string of the molecule is CC(C)c1ccc([C@@H]2Nc3c(Cl)cccc3[C@@H]3C=CC[C@H]32)cc1. The Balaban J connectivity index is 1.74. The summed E-state index contributed by atoms with van der Waals surface area (Å²) in [6.45, 7) is 4.47. The zero-order chi connectivity index (χ0) is 16.0. The number of fused-ring (bicyclic) bond motifs is 3. The molecule has 0 saturated heterocycles. The van der Waals surface area contributed by atoms with Gasteiger partial charge in [0.2, 0.25) is 0 Å². The fourth-order valence-electron chi connectivity index (χ4n) is 4.00. The first-order valence-electron chi connectivity index (χ1n) is 8.46. The van der Waals surface area contributed by atoms with E-state index in [4.69, 9.17) is 11.6 Å². The molecule has 0 spiro atoms. The molecular formula is C21H22ClN. The standard InChI is InChI=1S/C21H22ClN/c1-13(2)14-9-11-15(12-10-14)20-17-6-3-5-16(17)18-7-4-8-19(22)21(18)23-20/h3-5,7-13,16-17,20,23H,6H2,1-2H3/t16-,17-,20+/m1/s1. The molecule has 0 bridgehead atoms. The highest BCUT2D eigenvalue weighted by molar-refractivity contribution is 6.33. The van der Waals surface area contributed by atoms with Gasteiger partial charge >= 0.3 is 0 Å². The summed E-state index contributed by atoms with van der Waals surface area (Å²) in [6, 6.07) is 15.7. The van der Waals surface area contributed by atoms with Gasteiger partial charge in [0.1, 0.15) is 0 Å². The Labute approximate surface area is 143 Å². The first-order valence-corrected chi connectivity index (χ1v) is 8.84. The van der Waals surface area contributed by atoms with Crippen molar-refractivity contribution in [3.63, 3.8) is 0 Å². The van der Waals surface area contributed by atoms with Crippen molar-refractivity contribution < 1.29 is 0 Å². The van der Waals surface area contributed by atoms with Crippen molar-refractivity contribution >= 4 is 17.3 Å². The Hall–Kier alpha value is -1.73. The predicted octanol–water partition coefficient (Wildman–Crippen LogP) is 6.29. The van der Waals surface area contributed by atoms with Crippen LogP contribution in [0.5, 0.6) is 0 Å². The van der Waals surface area contributed by atoms with Crippen LogP contribution in [0.1, 0.15) is 54.8 Å². The van der Waals surface area contributed by atoms with Crippen LogP contribution in [0.15, 0.2) is 54.6 Å². The maximum Gasteiger partial charge on any atom is 0.0640 e. The van der Waals surface area contributed by atoms with Crippen molar-refractivity contribution in [1.29, 1.82) is 0 Å². The van der Waals surface area contributed by atoms with Crippen LogP contribution in [0, 0.1) is 5.92 Å². The Morgan fingerprint density at radius 3 is 2.61 bits per heavy atom. The summed E-state index contributed by atoms with van der Waals surface area (Å²) >= 11 is 6.47. The van der Waals surface area contributed by atoms with Gasteiger partial charge in [0.25, 0.3) is 0 Å². The van der Waals surface area contributed by atoms with E-state index in [1.54, 1.807) is 0 Å². The minimum Gasteiger partial charge on any atom is -0.376 e. The molecule has 1 aliphatic carbocycles. The maximum absolute atomic E-state index is 6.47. The zero-order valence-corrected chi connectivity index (χ0v) is 14.3. The number of nitrogens with one attached hydrogen (secondary N) is 1. The summed E-state index contributed by atoms with van der Waals surface area (Å²) in [6.07, 6.45) is 5.80. The van der Waals surface area contributed by atoms with Crippen molar-refractivity contribution in [2.24, 2.45) is 5.92 Å². The molecule has 1 heterocycles. The molecule has 0 amide bonds. The van der Waals surface area contributed by atoms with Crippen LogP contribution in [0.3, 0.4) is 0 Å². The van der Waals surface area contributed by atoms with E-state index in [-0.39, 0.29) is 0 Å². The van der Waals surface area contributed by atoms with Crippen molar-refractivity contribution in [2.75, 3.05) is 5.32 Å². The minimum atomic E-state index is 0.323. The second kappa shape index (κ2) is 5.72. The third kappa shape index (κ3) is 2.48. The number of allylic oxidation sites excluding steroid dienone is 2. The van der Waals surface area contributed by atoms with Crippen molar-refractivity contribution in [3.8, 4) is 0 Å². The van der Waals surface area contributed by atoms with Gasteiger partial charge < -0.3 is 5.32 Å². The van der Waals surface area contributed by atoms with Gasteiger partial charge in [-0.3, -0.25) is 0 Å². The van der Waals surface area contributed by atoms with Gasteiger partial charge in [-0.25, -0.2) is 0 Å². The van der Waals surface area contributed by atoms with Gasteiger partial charge in [-0.1, -0.05) is 74.0 Å². The number of benzene rings is 2. The van der Waals surface area contributed by atoms with Crippen molar-refractivity contribution in [2.45, 2.75) is 38.1 Å².